The molecule has 1 rings (SSSR count). The fraction of sp³-hybridized carbons (Fsp3) is 0.600. The van der Waals surface area contributed by atoms with Crippen molar-refractivity contribution < 1.29 is 5.11 Å². The monoisotopic (exact) mass is 250 g/mol. The molecule has 0 aromatic heterocycles. The van der Waals surface area contributed by atoms with Gasteiger partial charge in [0.15, 0.2) is 0 Å². The Bertz CT molecular complexity index is 323. The molecule has 0 saturated carbocycles. The lowest BCUT2D eigenvalue weighted by atomic mass is 9.82. The van der Waals surface area contributed by atoms with E-state index in [0.717, 1.165) is 26.1 Å². The smallest absolute Gasteiger partial charge is 0.0558 e. The fourth-order valence-electron chi connectivity index (χ4n) is 2.34. The van der Waals surface area contributed by atoms with Gasteiger partial charge in [-0.15, -0.1) is 0 Å². The van der Waals surface area contributed by atoms with Gasteiger partial charge in [-0.25, -0.2) is 0 Å². The van der Waals surface area contributed by atoms with Crippen molar-refractivity contribution in [2.24, 2.45) is 5.73 Å². The SMILES string of the molecule is CCCN(CCO)CC(C)(CN)c1ccccc1. The third-order valence-electron chi connectivity index (χ3n) is 3.45. The molecular weight excluding hydrogens is 224 g/mol. The van der Waals surface area contributed by atoms with Gasteiger partial charge in [-0.1, -0.05) is 44.2 Å². The maximum atomic E-state index is 9.13. The van der Waals surface area contributed by atoms with Crippen LogP contribution in [0.3, 0.4) is 0 Å². The Morgan fingerprint density at radius 1 is 1.22 bits per heavy atom. The fourth-order valence-corrected chi connectivity index (χ4v) is 2.34. The summed E-state index contributed by atoms with van der Waals surface area (Å²) in [4.78, 5) is 2.29. The van der Waals surface area contributed by atoms with Crippen molar-refractivity contribution in [3.8, 4) is 0 Å². The predicted molar refractivity (Wildman–Crippen MR) is 76.7 cm³/mol. The molecule has 0 fully saturated rings. The van der Waals surface area contributed by atoms with E-state index in [9.17, 15) is 0 Å². The van der Waals surface area contributed by atoms with Crippen LogP contribution in [-0.4, -0.2) is 42.8 Å². The average Bonchev–Trinajstić information content (AvgIpc) is 2.40. The van der Waals surface area contributed by atoms with E-state index in [1.54, 1.807) is 0 Å². The molecule has 18 heavy (non-hydrogen) atoms. The van der Waals surface area contributed by atoms with Gasteiger partial charge in [0.1, 0.15) is 0 Å². The van der Waals surface area contributed by atoms with Crippen LogP contribution in [0.1, 0.15) is 25.8 Å². The number of aliphatic hydroxyl groups excluding tert-OH is 1. The molecule has 1 unspecified atom stereocenters. The zero-order chi connectivity index (χ0) is 13.4. The quantitative estimate of drug-likeness (QED) is 0.737. The third-order valence-corrected chi connectivity index (χ3v) is 3.45. The van der Waals surface area contributed by atoms with Gasteiger partial charge in [-0.2, -0.15) is 0 Å². The summed E-state index contributed by atoms with van der Waals surface area (Å²) in [6.45, 7) is 7.79. The first-order chi connectivity index (χ1) is 8.66. The minimum Gasteiger partial charge on any atom is -0.395 e. The summed E-state index contributed by atoms with van der Waals surface area (Å²) in [5.74, 6) is 0. The highest BCUT2D eigenvalue weighted by molar-refractivity contribution is 5.25. The lowest BCUT2D eigenvalue weighted by Gasteiger charge is -2.35. The minimum absolute atomic E-state index is 0.0500. The van der Waals surface area contributed by atoms with Crippen LogP contribution in [0, 0.1) is 0 Å². The molecule has 1 atom stereocenters. The largest absolute Gasteiger partial charge is 0.395 e. The Labute approximate surface area is 111 Å². The van der Waals surface area contributed by atoms with Crippen molar-refractivity contribution in [1.29, 1.82) is 0 Å². The van der Waals surface area contributed by atoms with Crippen LogP contribution in [0.25, 0.3) is 0 Å². The highest BCUT2D eigenvalue weighted by atomic mass is 16.3. The summed E-state index contributed by atoms with van der Waals surface area (Å²) >= 11 is 0. The van der Waals surface area contributed by atoms with Gasteiger partial charge < -0.3 is 15.7 Å². The van der Waals surface area contributed by atoms with E-state index in [-0.39, 0.29) is 12.0 Å². The summed E-state index contributed by atoms with van der Waals surface area (Å²) < 4.78 is 0. The zero-order valence-electron chi connectivity index (χ0n) is 11.6. The molecule has 0 saturated heterocycles. The van der Waals surface area contributed by atoms with E-state index >= 15 is 0 Å². The highest BCUT2D eigenvalue weighted by Crippen LogP contribution is 2.23. The number of rotatable bonds is 8. The summed E-state index contributed by atoms with van der Waals surface area (Å²) in [6.07, 6.45) is 1.09. The van der Waals surface area contributed by atoms with Gasteiger partial charge in [0.05, 0.1) is 6.61 Å². The van der Waals surface area contributed by atoms with Crippen LogP contribution < -0.4 is 5.73 Å². The van der Waals surface area contributed by atoms with Crippen LogP contribution in [0.5, 0.6) is 0 Å². The number of nitrogens with zero attached hydrogens (tertiary/aromatic N) is 1. The van der Waals surface area contributed by atoms with Gasteiger partial charge in [0.25, 0.3) is 0 Å². The maximum absolute atomic E-state index is 9.13. The number of hydrogen-bond donors (Lipinski definition) is 2. The van der Waals surface area contributed by atoms with Crippen molar-refractivity contribution in [3.63, 3.8) is 0 Å². The Morgan fingerprint density at radius 3 is 2.39 bits per heavy atom. The first-order valence-corrected chi connectivity index (χ1v) is 6.75. The Hall–Kier alpha value is -0.900. The topological polar surface area (TPSA) is 49.5 Å². The van der Waals surface area contributed by atoms with Crippen LogP contribution in [0.4, 0.5) is 0 Å². The van der Waals surface area contributed by atoms with Gasteiger partial charge in [0.2, 0.25) is 0 Å². The molecule has 1 aromatic carbocycles. The molecule has 3 nitrogen and oxygen atoms in total. The Kier molecular flexibility index (Phi) is 6.33. The molecule has 0 radical (unpaired) electrons. The Balaban J connectivity index is 2.80. The molecule has 1 aromatic rings. The maximum Gasteiger partial charge on any atom is 0.0558 e. The van der Waals surface area contributed by atoms with Gasteiger partial charge in [-0.05, 0) is 18.5 Å². The Morgan fingerprint density at radius 2 is 1.89 bits per heavy atom. The van der Waals surface area contributed by atoms with Crippen LogP contribution in [-0.2, 0) is 5.41 Å². The molecule has 0 bridgehead atoms. The van der Waals surface area contributed by atoms with Crippen LogP contribution >= 0.6 is 0 Å². The van der Waals surface area contributed by atoms with E-state index in [0.29, 0.717) is 6.54 Å². The van der Waals surface area contributed by atoms with Crippen LogP contribution in [0.2, 0.25) is 0 Å². The summed E-state index contributed by atoms with van der Waals surface area (Å²) in [6, 6.07) is 10.4. The summed E-state index contributed by atoms with van der Waals surface area (Å²) in [5, 5.41) is 9.13. The molecule has 0 spiro atoms. The second kappa shape index (κ2) is 7.52. The summed E-state index contributed by atoms with van der Waals surface area (Å²) in [7, 11) is 0. The first kappa shape index (κ1) is 15.2. The number of hydrogen-bond acceptors (Lipinski definition) is 3. The zero-order valence-corrected chi connectivity index (χ0v) is 11.6. The van der Waals surface area contributed by atoms with Gasteiger partial charge >= 0.3 is 0 Å². The van der Waals surface area contributed by atoms with Crippen LogP contribution in [0.15, 0.2) is 30.3 Å². The molecule has 3 heteroatoms. The van der Waals surface area contributed by atoms with E-state index in [1.165, 1.54) is 5.56 Å². The molecule has 0 amide bonds. The number of nitrogens with two attached hydrogens (primary N) is 1. The van der Waals surface area contributed by atoms with Crippen molar-refractivity contribution in [3.05, 3.63) is 35.9 Å². The standard InChI is InChI=1S/C15H26N2O/c1-3-9-17(10-11-18)13-15(2,12-16)14-7-5-4-6-8-14/h4-8,18H,3,9-13,16H2,1-2H3. The molecular formula is C15H26N2O. The lowest BCUT2D eigenvalue weighted by Crippen LogP contribution is -2.45. The number of benzene rings is 1. The van der Waals surface area contributed by atoms with Crippen molar-refractivity contribution in [1.82, 2.24) is 4.90 Å². The third kappa shape index (κ3) is 4.09. The van der Waals surface area contributed by atoms with Crippen molar-refractivity contribution in [2.45, 2.75) is 25.7 Å². The van der Waals surface area contributed by atoms with Crippen molar-refractivity contribution >= 4 is 0 Å². The second-order valence-electron chi connectivity index (χ2n) is 5.13. The van der Waals surface area contributed by atoms with E-state index < -0.39 is 0 Å². The minimum atomic E-state index is -0.0500. The van der Waals surface area contributed by atoms with E-state index in [4.69, 9.17) is 10.8 Å². The summed E-state index contributed by atoms with van der Waals surface area (Å²) in [5.41, 5.74) is 7.21. The van der Waals surface area contributed by atoms with E-state index in [2.05, 4.69) is 43.0 Å². The lowest BCUT2D eigenvalue weighted by molar-refractivity contribution is 0.168. The number of aliphatic hydroxyl groups is 1. The average molecular weight is 250 g/mol. The second-order valence-corrected chi connectivity index (χ2v) is 5.13. The molecule has 3 N–H and O–H groups in total. The molecule has 0 aliphatic heterocycles. The predicted octanol–water partition coefficient (Wildman–Crippen LogP) is 1.61. The van der Waals surface area contributed by atoms with Gasteiger partial charge in [-0.3, -0.25) is 0 Å². The molecule has 0 aliphatic rings. The molecule has 102 valence electrons. The molecule has 0 aliphatic carbocycles. The first-order valence-electron chi connectivity index (χ1n) is 6.75. The van der Waals surface area contributed by atoms with Crippen molar-refractivity contribution in [2.75, 3.05) is 32.8 Å². The normalized spacial score (nSPS) is 14.7. The highest BCUT2D eigenvalue weighted by Gasteiger charge is 2.27. The van der Waals surface area contributed by atoms with E-state index in [1.807, 2.05) is 6.07 Å². The van der Waals surface area contributed by atoms with Gasteiger partial charge in [0, 0.05) is 25.0 Å². The molecule has 0 heterocycles.